The molecule has 0 heterocycles. The Labute approximate surface area is 159 Å². The van der Waals surface area contributed by atoms with E-state index in [2.05, 4.69) is 5.32 Å². The number of rotatable bonds is 7. The van der Waals surface area contributed by atoms with Gasteiger partial charge in [0.1, 0.15) is 0 Å². The highest BCUT2D eigenvalue weighted by molar-refractivity contribution is 5.98. The normalized spacial score (nSPS) is 13.4. The highest BCUT2D eigenvalue weighted by atomic mass is 19.4. The monoisotopic (exact) mass is 399 g/mol. The molecule has 2 N–H and O–H groups in total. The molecular formula is C19H20F3NO5. The lowest BCUT2D eigenvalue weighted by Gasteiger charge is -2.31. The number of alkyl halides is 3. The molecule has 0 bridgehead atoms. The maximum absolute atomic E-state index is 13.5. The van der Waals surface area contributed by atoms with Crippen LogP contribution in [-0.4, -0.2) is 45.1 Å². The zero-order valence-corrected chi connectivity index (χ0v) is 15.5. The number of aliphatic hydroxyl groups is 1. The molecule has 0 saturated carbocycles. The second-order valence-electron chi connectivity index (χ2n) is 5.79. The summed E-state index contributed by atoms with van der Waals surface area (Å²) in [7, 11) is 4.00. The van der Waals surface area contributed by atoms with Crippen molar-refractivity contribution in [3.05, 3.63) is 53.6 Å². The van der Waals surface area contributed by atoms with Gasteiger partial charge in [-0.05, 0) is 17.7 Å². The maximum atomic E-state index is 13.5. The predicted molar refractivity (Wildman–Crippen MR) is 94.8 cm³/mol. The van der Waals surface area contributed by atoms with Gasteiger partial charge in [-0.1, -0.05) is 30.3 Å². The number of carbonyl (C=O) groups excluding carboxylic acids is 1. The Kier molecular flexibility index (Phi) is 6.40. The van der Waals surface area contributed by atoms with E-state index in [-0.39, 0.29) is 28.4 Å². The molecule has 28 heavy (non-hydrogen) atoms. The van der Waals surface area contributed by atoms with Gasteiger partial charge in [0, 0.05) is 0 Å². The van der Waals surface area contributed by atoms with E-state index >= 15 is 0 Å². The van der Waals surface area contributed by atoms with Gasteiger partial charge in [0.25, 0.3) is 5.91 Å². The molecule has 1 atom stereocenters. The fourth-order valence-electron chi connectivity index (χ4n) is 2.66. The summed E-state index contributed by atoms with van der Waals surface area (Å²) in [5.41, 5.74) is -3.71. The molecular weight excluding hydrogens is 379 g/mol. The molecule has 0 saturated heterocycles. The van der Waals surface area contributed by atoms with E-state index in [9.17, 15) is 23.1 Å². The zero-order chi connectivity index (χ0) is 20.9. The van der Waals surface area contributed by atoms with Crippen molar-refractivity contribution in [1.82, 2.24) is 5.32 Å². The molecule has 6 nitrogen and oxygen atoms in total. The van der Waals surface area contributed by atoms with E-state index in [1.165, 1.54) is 51.7 Å². The Morgan fingerprint density at radius 2 is 1.57 bits per heavy atom. The van der Waals surface area contributed by atoms with E-state index in [4.69, 9.17) is 14.2 Å². The van der Waals surface area contributed by atoms with Crippen LogP contribution in [0.5, 0.6) is 17.2 Å². The number of nitrogens with one attached hydrogen (secondary N) is 1. The van der Waals surface area contributed by atoms with Gasteiger partial charge >= 0.3 is 6.18 Å². The summed E-state index contributed by atoms with van der Waals surface area (Å²) in [5.74, 6) is -0.482. The Morgan fingerprint density at radius 1 is 0.964 bits per heavy atom. The highest BCUT2D eigenvalue weighted by Crippen LogP contribution is 2.41. The van der Waals surface area contributed by atoms with Crippen molar-refractivity contribution >= 4 is 5.91 Å². The number of ether oxygens (including phenoxy) is 3. The molecule has 0 aliphatic heterocycles. The number of methoxy groups -OCH3 is 3. The largest absolute Gasteiger partial charge is 0.493 e. The van der Waals surface area contributed by atoms with E-state index in [0.29, 0.717) is 0 Å². The molecule has 152 valence electrons. The molecule has 0 aliphatic rings. The summed E-state index contributed by atoms with van der Waals surface area (Å²) >= 11 is 0. The third-order valence-corrected chi connectivity index (χ3v) is 4.17. The number of hydrogen-bond donors (Lipinski definition) is 2. The van der Waals surface area contributed by atoms with Crippen LogP contribution in [0.25, 0.3) is 0 Å². The molecule has 9 heteroatoms. The lowest BCUT2D eigenvalue weighted by atomic mass is 9.93. The Bertz CT molecular complexity index is 826. The second-order valence-corrected chi connectivity index (χ2v) is 5.79. The van der Waals surface area contributed by atoms with Crippen molar-refractivity contribution in [2.75, 3.05) is 27.9 Å². The third kappa shape index (κ3) is 3.99. The van der Waals surface area contributed by atoms with Gasteiger partial charge in [-0.3, -0.25) is 4.79 Å². The first-order valence-electron chi connectivity index (χ1n) is 8.11. The highest BCUT2D eigenvalue weighted by Gasteiger charge is 2.55. The summed E-state index contributed by atoms with van der Waals surface area (Å²) in [5, 5.41) is 12.4. The first kappa shape index (κ1) is 21.4. The number of benzene rings is 2. The molecule has 0 fully saturated rings. The molecule has 0 radical (unpaired) electrons. The third-order valence-electron chi connectivity index (χ3n) is 4.17. The molecule has 0 aromatic heterocycles. The quantitative estimate of drug-likeness (QED) is 0.749. The van der Waals surface area contributed by atoms with Crippen LogP contribution in [0.15, 0.2) is 42.5 Å². The lowest BCUT2D eigenvalue weighted by molar-refractivity contribution is -0.263. The van der Waals surface area contributed by atoms with Crippen molar-refractivity contribution in [2.24, 2.45) is 0 Å². The van der Waals surface area contributed by atoms with Crippen molar-refractivity contribution in [3.63, 3.8) is 0 Å². The fraction of sp³-hybridized carbons (Fsp3) is 0.316. The van der Waals surface area contributed by atoms with E-state index < -0.39 is 24.2 Å². The zero-order valence-electron chi connectivity index (χ0n) is 15.5. The molecule has 0 spiro atoms. The standard InChI is InChI=1S/C19H20F3NO5/c1-26-14-10-9-13(15(27-2)16(14)28-3)17(24)23-11-18(25,19(20,21)22)12-7-5-4-6-8-12/h4-10,25H,11H2,1-3H3,(H,23,24). The van der Waals surface area contributed by atoms with Gasteiger partial charge < -0.3 is 24.6 Å². The summed E-state index contributed by atoms with van der Waals surface area (Å²) < 4.78 is 56.1. The predicted octanol–water partition coefficient (Wildman–Crippen LogP) is 2.89. The van der Waals surface area contributed by atoms with Crippen LogP contribution >= 0.6 is 0 Å². The van der Waals surface area contributed by atoms with E-state index in [1.807, 2.05) is 0 Å². The van der Waals surface area contributed by atoms with Gasteiger partial charge in [0.15, 0.2) is 11.5 Å². The summed E-state index contributed by atoms with van der Waals surface area (Å²) in [6, 6.07) is 9.27. The number of carbonyl (C=O) groups is 1. The van der Waals surface area contributed by atoms with Gasteiger partial charge in [0.05, 0.1) is 33.4 Å². The average Bonchev–Trinajstić information content (AvgIpc) is 2.70. The number of hydrogen-bond acceptors (Lipinski definition) is 5. The minimum atomic E-state index is -5.01. The topological polar surface area (TPSA) is 77.0 Å². The molecule has 2 aromatic rings. The van der Waals surface area contributed by atoms with Crippen LogP contribution in [0.2, 0.25) is 0 Å². The first-order valence-corrected chi connectivity index (χ1v) is 8.11. The van der Waals surface area contributed by atoms with Crippen LogP contribution in [0.1, 0.15) is 15.9 Å². The molecule has 1 unspecified atom stereocenters. The van der Waals surface area contributed by atoms with Gasteiger partial charge in [-0.2, -0.15) is 13.2 Å². The number of halogens is 3. The van der Waals surface area contributed by atoms with Crippen LogP contribution < -0.4 is 19.5 Å². The van der Waals surface area contributed by atoms with Crippen LogP contribution in [0, 0.1) is 0 Å². The van der Waals surface area contributed by atoms with Crippen LogP contribution in [0.4, 0.5) is 13.2 Å². The Hall–Kier alpha value is -2.94. The van der Waals surface area contributed by atoms with E-state index in [0.717, 1.165) is 12.1 Å². The maximum Gasteiger partial charge on any atom is 0.423 e. The van der Waals surface area contributed by atoms with Crippen molar-refractivity contribution in [2.45, 2.75) is 11.8 Å². The van der Waals surface area contributed by atoms with Crippen molar-refractivity contribution in [3.8, 4) is 17.2 Å². The van der Waals surface area contributed by atoms with Crippen LogP contribution in [-0.2, 0) is 5.60 Å². The molecule has 2 rings (SSSR count). The fourth-order valence-corrected chi connectivity index (χ4v) is 2.66. The van der Waals surface area contributed by atoms with Gasteiger partial charge in [-0.15, -0.1) is 0 Å². The second kappa shape index (κ2) is 8.39. The number of amides is 1. The van der Waals surface area contributed by atoms with Gasteiger partial charge in [0.2, 0.25) is 11.4 Å². The SMILES string of the molecule is COc1ccc(C(=O)NCC(O)(c2ccccc2)C(F)(F)F)c(OC)c1OC. The van der Waals surface area contributed by atoms with Crippen molar-refractivity contribution in [1.29, 1.82) is 0 Å². The molecule has 0 aliphatic carbocycles. The molecule has 2 aromatic carbocycles. The van der Waals surface area contributed by atoms with Crippen LogP contribution in [0.3, 0.4) is 0 Å². The summed E-state index contributed by atoms with van der Waals surface area (Å²) in [6.45, 7) is -1.09. The minimum absolute atomic E-state index is 0.00499. The van der Waals surface area contributed by atoms with E-state index in [1.54, 1.807) is 0 Å². The molecule has 1 amide bonds. The summed E-state index contributed by atoms with van der Waals surface area (Å²) in [4.78, 5) is 12.5. The summed E-state index contributed by atoms with van der Waals surface area (Å²) in [6.07, 6.45) is -5.01. The Morgan fingerprint density at radius 3 is 2.07 bits per heavy atom. The smallest absolute Gasteiger partial charge is 0.423 e. The minimum Gasteiger partial charge on any atom is -0.493 e. The van der Waals surface area contributed by atoms with Crippen molar-refractivity contribution < 1.29 is 37.3 Å². The Balaban J connectivity index is 2.34. The van der Waals surface area contributed by atoms with Gasteiger partial charge in [-0.25, -0.2) is 0 Å². The average molecular weight is 399 g/mol. The first-order chi connectivity index (χ1) is 13.2. The lowest BCUT2D eigenvalue weighted by Crippen LogP contribution is -2.51.